The number of hydrogen-bond acceptors (Lipinski definition) is 6. The van der Waals surface area contributed by atoms with Crippen LogP contribution in [0.25, 0.3) is 0 Å². The van der Waals surface area contributed by atoms with Crippen molar-refractivity contribution in [3.8, 4) is 12.1 Å². The zero-order chi connectivity index (χ0) is 20.3. The second-order valence-electron chi connectivity index (χ2n) is 9.05. The number of piperidine rings is 1. The van der Waals surface area contributed by atoms with E-state index in [0.29, 0.717) is 5.69 Å². The Hall–Kier alpha value is -2.51. The van der Waals surface area contributed by atoms with E-state index < -0.39 is 5.41 Å². The molecule has 0 spiro atoms. The Morgan fingerprint density at radius 1 is 1.14 bits per heavy atom. The highest BCUT2D eigenvalue weighted by atomic mass is 16.2. The van der Waals surface area contributed by atoms with Crippen molar-refractivity contribution >= 4 is 5.91 Å². The Bertz CT molecular complexity index is 918. The lowest BCUT2D eigenvalue weighted by Gasteiger charge is -2.43. The van der Waals surface area contributed by atoms with E-state index in [1.807, 2.05) is 24.1 Å². The molecule has 2 fully saturated rings. The lowest BCUT2D eigenvalue weighted by molar-refractivity contribution is -0.142. The molecule has 1 aromatic rings. The van der Waals surface area contributed by atoms with E-state index >= 15 is 0 Å². The van der Waals surface area contributed by atoms with Gasteiger partial charge in [0.1, 0.15) is 12.1 Å². The predicted molar refractivity (Wildman–Crippen MR) is 102 cm³/mol. The number of nitriles is 2. The summed E-state index contributed by atoms with van der Waals surface area (Å²) in [6.07, 6.45) is 3.51. The average Bonchev–Trinajstić information content (AvgIpc) is 3.07. The van der Waals surface area contributed by atoms with Crippen LogP contribution in [0.5, 0.6) is 0 Å². The number of likely N-dealkylation sites (N-methyl/N-ethyl adjacent to an activating group) is 1. The number of carbonyl (C=O) groups excluding carboxylic acids is 1. The molecule has 2 atom stereocenters. The van der Waals surface area contributed by atoms with Crippen molar-refractivity contribution in [2.45, 2.75) is 56.9 Å². The van der Waals surface area contributed by atoms with Crippen molar-refractivity contribution in [3.05, 3.63) is 22.8 Å². The Labute approximate surface area is 166 Å². The van der Waals surface area contributed by atoms with Gasteiger partial charge in [0.15, 0.2) is 11.4 Å². The van der Waals surface area contributed by atoms with Gasteiger partial charge in [0.2, 0.25) is 5.91 Å². The predicted octanol–water partition coefficient (Wildman–Crippen LogP) is 1.93. The molecule has 2 heterocycles. The summed E-state index contributed by atoms with van der Waals surface area (Å²) >= 11 is 0. The molecule has 0 aromatic carbocycles. The molecule has 2 unspecified atom stereocenters. The largest absolute Gasteiger partial charge is 0.342 e. The molecule has 28 heavy (non-hydrogen) atoms. The minimum Gasteiger partial charge on any atom is -0.342 e. The second-order valence-corrected chi connectivity index (χ2v) is 9.05. The molecule has 1 saturated carbocycles. The molecule has 7 nitrogen and oxygen atoms in total. The van der Waals surface area contributed by atoms with Crippen LogP contribution in [0.15, 0.2) is 0 Å². The zero-order valence-corrected chi connectivity index (χ0v) is 17.0. The molecule has 3 aliphatic rings. The first-order valence-electron chi connectivity index (χ1n) is 9.96. The Balaban J connectivity index is 1.79. The molecule has 2 aliphatic carbocycles. The summed E-state index contributed by atoms with van der Waals surface area (Å²) in [6, 6.07) is 4.20. The fourth-order valence-corrected chi connectivity index (χ4v) is 5.74. The summed E-state index contributed by atoms with van der Waals surface area (Å²) in [7, 11) is 4.02. The number of rotatable bonds is 2. The number of amides is 1. The first-order chi connectivity index (χ1) is 13.3. The van der Waals surface area contributed by atoms with Crippen LogP contribution in [0.3, 0.4) is 0 Å². The van der Waals surface area contributed by atoms with Gasteiger partial charge in [0.05, 0.1) is 16.8 Å². The van der Waals surface area contributed by atoms with Gasteiger partial charge in [-0.05, 0) is 51.2 Å². The number of nitrogens with zero attached hydrogens (tertiary/aromatic N) is 6. The lowest BCUT2D eigenvalue weighted by Crippen LogP contribution is -2.54. The van der Waals surface area contributed by atoms with Crippen LogP contribution in [0.2, 0.25) is 0 Å². The fraction of sp³-hybridized carbons (Fsp3) is 0.667. The minimum absolute atomic E-state index is 0.0266. The lowest BCUT2D eigenvalue weighted by atomic mass is 9.67. The first kappa shape index (κ1) is 18.8. The molecule has 0 radical (unpaired) electrons. The second kappa shape index (κ2) is 6.25. The third kappa shape index (κ3) is 2.26. The van der Waals surface area contributed by atoms with Gasteiger partial charge in [0.25, 0.3) is 0 Å². The zero-order valence-electron chi connectivity index (χ0n) is 17.0. The van der Waals surface area contributed by atoms with Crippen LogP contribution in [0, 0.1) is 28.1 Å². The summed E-state index contributed by atoms with van der Waals surface area (Å²) in [5, 5.41) is 18.8. The van der Waals surface area contributed by atoms with E-state index in [1.165, 1.54) is 0 Å². The Kier molecular flexibility index (Phi) is 4.21. The quantitative estimate of drug-likeness (QED) is 0.780. The first-order valence-corrected chi connectivity index (χ1v) is 9.96. The molecule has 1 amide bonds. The summed E-state index contributed by atoms with van der Waals surface area (Å²) < 4.78 is 0. The number of aromatic nitrogens is 2. The molecule has 146 valence electrons. The summed E-state index contributed by atoms with van der Waals surface area (Å²) in [4.78, 5) is 27.2. The monoisotopic (exact) mass is 378 g/mol. The molecule has 1 saturated heterocycles. The Morgan fingerprint density at radius 2 is 1.75 bits per heavy atom. The molecule has 1 aromatic heterocycles. The number of fused-ring (bicyclic) bond motifs is 5. The molecule has 0 N–H and O–H groups in total. The van der Waals surface area contributed by atoms with Crippen LogP contribution in [-0.2, 0) is 10.2 Å². The highest BCUT2D eigenvalue weighted by Gasteiger charge is 2.68. The van der Waals surface area contributed by atoms with E-state index in [4.69, 9.17) is 0 Å². The van der Waals surface area contributed by atoms with Crippen LogP contribution in [-0.4, -0.2) is 58.9 Å². The van der Waals surface area contributed by atoms with Gasteiger partial charge >= 0.3 is 0 Å². The molecule has 2 bridgehead atoms. The van der Waals surface area contributed by atoms with Crippen molar-refractivity contribution in [2.75, 3.05) is 27.2 Å². The highest BCUT2D eigenvalue weighted by Crippen LogP contribution is 2.67. The van der Waals surface area contributed by atoms with Crippen LogP contribution in [0.1, 0.15) is 68.2 Å². The smallest absolute Gasteiger partial charge is 0.235 e. The van der Waals surface area contributed by atoms with Gasteiger partial charge in [-0.3, -0.25) is 4.79 Å². The van der Waals surface area contributed by atoms with Crippen molar-refractivity contribution < 1.29 is 4.79 Å². The van der Waals surface area contributed by atoms with Gasteiger partial charge < -0.3 is 9.80 Å². The Morgan fingerprint density at radius 3 is 2.36 bits per heavy atom. The van der Waals surface area contributed by atoms with Crippen LogP contribution in [0.4, 0.5) is 0 Å². The van der Waals surface area contributed by atoms with E-state index in [-0.39, 0.29) is 34.7 Å². The SMILES string of the molecule is CN1CCC(N(C)C(=O)C23CCC(c4nc(C#N)c(C#N)nc42)C3(C)C)CC1. The maximum absolute atomic E-state index is 13.9. The molecular weight excluding hydrogens is 352 g/mol. The van der Waals surface area contributed by atoms with Gasteiger partial charge in [0, 0.05) is 19.0 Å². The van der Waals surface area contributed by atoms with Crippen LogP contribution < -0.4 is 0 Å². The molecule has 4 rings (SSSR count). The summed E-state index contributed by atoms with van der Waals surface area (Å²) in [5.41, 5.74) is 0.366. The van der Waals surface area contributed by atoms with Gasteiger partial charge in [-0.1, -0.05) is 13.8 Å². The maximum Gasteiger partial charge on any atom is 0.235 e. The summed E-state index contributed by atoms with van der Waals surface area (Å²) in [6.45, 7) is 6.21. The van der Waals surface area contributed by atoms with E-state index in [2.05, 4.69) is 35.8 Å². The van der Waals surface area contributed by atoms with Crippen molar-refractivity contribution in [1.29, 1.82) is 10.5 Å². The van der Waals surface area contributed by atoms with Crippen LogP contribution >= 0.6 is 0 Å². The van der Waals surface area contributed by atoms with E-state index in [9.17, 15) is 15.3 Å². The van der Waals surface area contributed by atoms with E-state index in [0.717, 1.165) is 44.5 Å². The maximum atomic E-state index is 13.9. The molecular formula is C21H26N6O. The molecule has 7 heteroatoms. The number of likely N-dealkylation sites (tertiary alicyclic amines) is 1. The van der Waals surface area contributed by atoms with Crippen molar-refractivity contribution in [1.82, 2.24) is 19.8 Å². The third-order valence-electron chi connectivity index (χ3n) is 7.57. The third-order valence-corrected chi connectivity index (χ3v) is 7.57. The molecule has 1 aliphatic heterocycles. The van der Waals surface area contributed by atoms with Crippen molar-refractivity contribution in [2.24, 2.45) is 5.41 Å². The van der Waals surface area contributed by atoms with Gasteiger partial charge in [-0.2, -0.15) is 10.5 Å². The van der Waals surface area contributed by atoms with E-state index in [1.54, 1.807) is 0 Å². The topological polar surface area (TPSA) is 96.9 Å². The van der Waals surface area contributed by atoms with Gasteiger partial charge in [-0.25, -0.2) is 9.97 Å². The number of carbonyl (C=O) groups is 1. The average molecular weight is 378 g/mol. The number of hydrogen-bond donors (Lipinski definition) is 0. The highest BCUT2D eigenvalue weighted by molar-refractivity contribution is 5.91. The van der Waals surface area contributed by atoms with Crippen molar-refractivity contribution in [3.63, 3.8) is 0 Å². The summed E-state index contributed by atoms with van der Waals surface area (Å²) in [5.74, 6) is 0.181. The standard InChI is InChI=1S/C21H26N6O/c1-20(2)14-5-8-21(20,18-17(14)24-15(11-22)16(12-23)25-18)19(28)27(4)13-6-9-26(3)10-7-13/h13-14H,5-10H2,1-4H3. The minimum atomic E-state index is -0.766. The fourth-order valence-electron chi connectivity index (χ4n) is 5.74. The normalized spacial score (nSPS) is 28.4. The van der Waals surface area contributed by atoms with Gasteiger partial charge in [-0.15, -0.1) is 0 Å².